The summed E-state index contributed by atoms with van der Waals surface area (Å²) in [5, 5.41) is 3.26. The molecule has 1 heterocycles. The quantitative estimate of drug-likeness (QED) is 0.854. The molecule has 0 atom stereocenters. The third-order valence-electron chi connectivity index (χ3n) is 3.35. The number of benzene rings is 1. The van der Waals surface area contributed by atoms with E-state index in [9.17, 15) is 4.79 Å². The van der Waals surface area contributed by atoms with E-state index in [1.165, 1.54) is 0 Å². The molecule has 2 rings (SSSR count). The molecule has 0 unspecified atom stereocenters. The van der Waals surface area contributed by atoms with Crippen LogP contribution in [0.1, 0.15) is 17.3 Å². The normalized spacial score (nSPS) is 10.1. The fourth-order valence-electron chi connectivity index (χ4n) is 2.11. The summed E-state index contributed by atoms with van der Waals surface area (Å²) in [4.78, 5) is 18.3. The van der Waals surface area contributed by atoms with Crippen molar-refractivity contribution in [3.63, 3.8) is 0 Å². The minimum absolute atomic E-state index is 0.0535. The number of rotatable bonds is 7. The van der Waals surface area contributed by atoms with Crippen LogP contribution in [-0.4, -0.2) is 42.5 Å². The Labute approximate surface area is 130 Å². The summed E-state index contributed by atoms with van der Waals surface area (Å²) in [7, 11) is 1.59. The van der Waals surface area contributed by atoms with Gasteiger partial charge in [-0.15, -0.1) is 0 Å². The van der Waals surface area contributed by atoms with E-state index in [2.05, 4.69) is 10.3 Å². The van der Waals surface area contributed by atoms with Gasteiger partial charge in [0.15, 0.2) is 0 Å². The van der Waals surface area contributed by atoms with E-state index in [-0.39, 0.29) is 5.91 Å². The number of amides is 1. The molecule has 1 aromatic heterocycles. The Hall–Kier alpha value is -2.56. The zero-order chi connectivity index (χ0) is 15.8. The number of hydrogen-bond donors (Lipinski definition) is 1. The first kappa shape index (κ1) is 15.8. The number of carbonyl (C=O) groups is 1. The molecular formula is C17H21N3O2. The molecule has 1 aromatic carbocycles. The maximum atomic E-state index is 12.4. The van der Waals surface area contributed by atoms with Crippen LogP contribution < -0.4 is 10.1 Å². The van der Waals surface area contributed by atoms with Crippen molar-refractivity contribution in [2.75, 3.05) is 32.1 Å². The van der Waals surface area contributed by atoms with Crippen LogP contribution in [0.5, 0.6) is 5.88 Å². The number of ether oxygens (including phenoxy) is 1. The average molecular weight is 299 g/mol. The van der Waals surface area contributed by atoms with Crippen LogP contribution in [0.2, 0.25) is 0 Å². The molecule has 0 aliphatic rings. The van der Waals surface area contributed by atoms with E-state index in [1.54, 1.807) is 19.4 Å². The van der Waals surface area contributed by atoms with Gasteiger partial charge in [0, 0.05) is 31.3 Å². The summed E-state index contributed by atoms with van der Waals surface area (Å²) in [6, 6.07) is 13.0. The Morgan fingerprint density at radius 1 is 1.23 bits per heavy atom. The van der Waals surface area contributed by atoms with E-state index in [1.807, 2.05) is 48.2 Å². The molecule has 0 aliphatic heterocycles. The fourth-order valence-corrected chi connectivity index (χ4v) is 2.11. The van der Waals surface area contributed by atoms with Crippen LogP contribution >= 0.6 is 0 Å². The molecule has 1 amide bonds. The van der Waals surface area contributed by atoms with Gasteiger partial charge in [0.2, 0.25) is 5.88 Å². The molecule has 22 heavy (non-hydrogen) atoms. The number of aromatic nitrogens is 1. The lowest BCUT2D eigenvalue weighted by Crippen LogP contribution is -2.34. The third-order valence-corrected chi connectivity index (χ3v) is 3.35. The first-order valence-electron chi connectivity index (χ1n) is 7.33. The van der Waals surface area contributed by atoms with E-state index >= 15 is 0 Å². The van der Waals surface area contributed by atoms with Gasteiger partial charge >= 0.3 is 0 Å². The van der Waals surface area contributed by atoms with Gasteiger partial charge in [-0.05, 0) is 25.1 Å². The summed E-state index contributed by atoms with van der Waals surface area (Å²) in [6.07, 6.45) is 1.72. The van der Waals surface area contributed by atoms with Crippen molar-refractivity contribution in [1.29, 1.82) is 0 Å². The van der Waals surface area contributed by atoms with Crippen LogP contribution in [0.15, 0.2) is 48.7 Å². The predicted octanol–water partition coefficient (Wildman–Crippen LogP) is 2.66. The second-order valence-electron chi connectivity index (χ2n) is 4.77. The summed E-state index contributed by atoms with van der Waals surface area (Å²) in [5.41, 5.74) is 1.62. The van der Waals surface area contributed by atoms with Gasteiger partial charge < -0.3 is 15.0 Å². The number of likely N-dealkylation sites (N-methyl/N-ethyl adjacent to an activating group) is 1. The molecule has 1 N–H and O–H groups in total. The van der Waals surface area contributed by atoms with E-state index in [4.69, 9.17) is 4.74 Å². The van der Waals surface area contributed by atoms with Crippen LogP contribution in [0.25, 0.3) is 0 Å². The highest BCUT2D eigenvalue weighted by Gasteiger charge is 2.12. The van der Waals surface area contributed by atoms with Crippen molar-refractivity contribution in [3.05, 3.63) is 54.2 Å². The number of anilines is 1. The molecular weight excluding hydrogens is 278 g/mol. The molecule has 2 aromatic rings. The Morgan fingerprint density at radius 3 is 2.59 bits per heavy atom. The van der Waals surface area contributed by atoms with Crippen molar-refractivity contribution in [2.24, 2.45) is 0 Å². The van der Waals surface area contributed by atoms with Crippen molar-refractivity contribution in [3.8, 4) is 5.88 Å². The number of carbonyl (C=O) groups excluding carboxylic acids is 1. The molecule has 0 saturated carbocycles. The zero-order valence-electron chi connectivity index (χ0n) is 13.0. The summed E-state index contributed by atoms with van der Waals surface area (Å²) in [5.74, 6) is 0.637. The molecule has 0 radical (unpaired) electrons. The van der Waals surface area contributed by atoms with Crippen molar-refractivity contribution >= 4 is 11.6 Å². The number of pyridine rings is 1. The average Bonchev–Trinajstić information content (AvgIpc) is 2.59. The molecule has 5 heteroatoms. The largest absolute Gasteiger partial charge is 0.481 e. The molecule has 0 aliphatic carbocycles. The first-order chi connectivity index (χ1) is 10.7. The zero-order valence-corrected chi connectivity index (χ0v) is 13.0. The predicted molar refractivity (Wildman–Crippen MR) is 87.3 cm³/mol. The van der Waals surface area contributed by atoms with Crippen molar-refractivity contribution in [2.45, 2.75) is 6.92 Å². The lowest BCUT2D eigenvalue weighted by atomic mass is 10.2. The molecule has 5 nitrogen and oxygen atoms in total. The first-order valence-corrected chi connectivity index (χ1v) is 7.33. The number of hydrogen-bond acceptors (Lipinski definition) is 4. The lowest BCUT2D eigenvalue weighted by Gasteiger charge is -2.21. The second-order valence-corrected chi connectivity index (χ2v) is 4.77. The molecule has 0 fully saturated rings. The maximum Gasteiger partial charge on any atom is 0.253 e. The van der Waals surface area contributed by atoms with E-state index in [0.717, 1.165) is 11.3 Å². The standard InChI is InChI=1S/C17H21N3O2/c1-3-20(17(21)14-7-5-4-6-8-14)12-11-18-15-9-10-16(22-2)19-13-15/h4-10,13,18H,3,11-12H2,1-2H3. The van der Waals surface area contributed by atoms with Crippen molar-refractivity contribution < 1.29 is 9.53 Å². The van der Waals surface area contributed by atoms with Crippen LogP contribution in [-0.2, 0) is 0 Å². The molecule has 0 spiro atoms. The number of nitrogens with one attached hydrogen (secondary N) is 1. The van der Waals surface area contributed by atoms with Crippen LogP contribution in [0.3, 0.4) is 0 Å². The van der Waals surface area contributed by atoms with Gasteiger partial charge in [0.05, 0.1) is 19.0 Å². The lowest BCUT2D eigenvalue weighted by molar-refractivity contribution is 0.0770. The Morgan fingerprint density at radius 2 is 2.00 bits per heavy atom. The summed E-state index contributed by atoms with van der Waals surface area (Å²) in [6.45, 7) is 3.96. The highest BCUT2D eigenvalue weighted by Crippen LogP contribution is 2.11. The van der Waals surface area contributed by atoms with Gasteiger partial charge in [-0.3, -0.25) is 4.79 Å². The molecule has 0 saturated heterocycles. The van der Waals surface area contributed by atoms with E-state index in [0.29, 0.717) is 25.5 Å². The Kier molecular flexibility index (Phi) is 5.77. The van der Waals surface area contributed by atoms with E-state index < -0.39 is 0 Å². The fraction of sp³-hybridized carbons (Fsp3) is 0.294. The van der Waals surface area contributed by atoms with Gasteiger partial charge in [-0.1, -0.05) is 18.2 Å². The smallest absolute Gasteiger partial charge is 0.253 e. The SMILES string of the molecule is CCN(CCNc1ccc(OC)nc1)C(=O)c1ccccc1. The third kappa shape index (κ3) is 4.22. The maximum absolute atomic E-state index is 12.4. The summed E-state index contributed by atoms with van der Waals surface area (Å²) < 4.78 is 5.02. The van der Waals surface area contributed by atoms with Gasteiger partial charge in [0.25, 0.3) is 5.91 Å². The summed E-state index contributed by atoms with van der Waals surface area (Å²) >= 11 is 0. The van der Waals surface area contributed by atoms with Crippen LogP contribution in [0.4, 0.5) is 5.69 Å². The molecule has 116 valence electrons. The van der Waals surface area contributed by atoms with Gasteiger partial charge in [0.1, 0.15) is 0 Å². The van der Waals surface area contributed by atoms with Gasteiger partial charge in [-0.25, -0.2) is 4.98 Å². The minimum Gasteiger partial charge on any atom is -0.481 e. The number of nitrogens with zero attached hydrogens (tertiary/aromatic N) is 2. The highest BCUT2D eigenvalue weighted by molar-refractivity contribution is 5.94. The number of methoxy groups -OCH3 is 1. The topological polar surface area (TPSA) is 54.5 Å². The minimum atomic E-state index is 0.0535. The Balaban J connectivity index is 1.86. The Bertz CT molecular complexity index is 585. The monoisotopic (exact) mass is 299 g/mol. The molecule has 0 bridgehead atoms. The van der Waals surface area contributed by atoms with Crippen LogP contribution in [0, 0.1) is 0 Å². The second kappa shape index (κ2) is 8.02. The highest BCUT2D eigenvalue weighted by atomic mass is 16.5. The van der Waals surface area contributed by atoms with Gasteiger partial charge in [-0.2, -0.15) is 0 Å². The van der Waals surface area contributed by atoms with Crippen molar-refractivity contribution in [1.82, 2.24) is 9.88 Å².